The number of hydrogen-bond donors (Lipinski definition) is 2. The third-order valence-corrected chi connectivity index (χ3v) is 3.24. The molecule has 0 aromatic heterocycles. The lowest BCUT2D eigenvalue weighted by Gasteiger charge is -2.06. The second-order valence-corrected chi connectivity index (χ2v) is 5.05. The van der Waals surface area contributed by atoms with Crippen LogP contribution in [0.25, 0.3) is 0 Å². The van der Waals surface area contributed by atoms with Gasteiger partial charge in [0.05, 0.1) is 0 Å². The molecule has 0 atom stereocenters. The highest BCUT2D eigenvalue weighted by Crippen LogP contribution is 2.06. The lowest BCUT2D eigenvalue weighted by Crippen LogP contribution is -2.22. The highest BCUT2D eigenvalue weighted by Gasteiger charge is 2.05. The standard InChI is InChI=1S/C16H16N2OS/c1-11-2-4-12(5-3-11)10-18-16(19)14-8-6-13(7-9-14)15(17)20/h2-9H,10H2,1H3,(H2,17,20)(H,18,19). The number of thiocarbonyl (C=S) groups is 1. The smallest absolute Gasteiger partial charge is 0.251 e. The van der Waals surface area contributed by atoms with Crippen LogP contribution in [0.4, 0.5) is 0 Å². The summed E-state index contributed by atoms with van der Waals surface area (Å²) < 4.78 is 0. The van der Waals surface area contributed by atoms with Gasteiger partial charge in [-0.2, -0.15) is 0 Å². The van der Waals surface area contributed by atoms with E-state index in [1.165, 1.54) is 5.56 Å². The Morgan fingerprint density at radius 3 is 2.15 bits per heavy atom. The van der Waals surface area contributed by atoms with Gasteiger partial charge in [0.1, 0.15) is 4.99 Å². The van der Waals surface area contributed by atoms with Crippen molar-refractivity contribution in [2.75, 3.05) is 0 Å². The van der Waals surface area contributed by atoms with Crippen LogP contribution in [0.5, 0.6) is 0 Å². The first kappa shape index (κ1) is 14.2. The first-order chi connectivity index (χ1) is 9.56. The van der Waals surface area contributed by atoms with Crippen LogP contribution in [0.15, 0.2) is 48.5 Å². The van der Waals surface area contributed by atoms with Gasteiger partial charge in [-0.15, -0.1) is 0 Å². The largest absolute Gasteiger partial charge is 0.389 e. The Morgan fingerprint density at radius 1 is 1.05 bits per heavy atom. The van der Waals surface area contributed by atoms with Crippen LogP contribution < -0.4 is 11.1 Å². The normalized spacial score (nSPS) is 10.1. The molecule has 2 rings (SSSR count). The van der Waals surface area contributed by atoms with Gasteiger partial charge >= 0.3 is 0 Å². The Morgan fingerprint density at radius 2 is 1.60 bits per heavy atom. The Hall–Kier alpha value is -2.20. The van der Waals surface area contributed by atoms with Crippen molar-refractivity contribution in [3.05, 3.63) is 70.8 Å². The minimum absolute atomic E-state index is 0.111. The minimum Gasteiger partial charge on any atom is -0.389 e. The molecule has 0 saturated heterocycles. The van der Waals surface area contributed by atoms with Crippen molar-refractivity contribution >= 4 is 23.1 Å². The fourth-order valence-corrected chi connectivity index (χ4v) is 1.91. The lowest BCUT2D eigenvalue weighted by atomic mass is 10.1. The molecule has 0 aliphatic rings. The molecule has 2 aromatic rings. The molecule has 0 spiro atoms. The summed E-state index contributed by atoms with van der Waals surface area (Å²) in [6.45, 7) is 2.54. The number of nitrogens with one attached hydrogen (secondary N) is 1. The van der Waals surface area contributed by atoms with Gasteiger partial charge in [0.2, 0.25) is 0 Å². The maximum Gasteiger partial charge on any atom is 0.251 e. The van der Waals surface area contributed by atoms with Crippen molar-refractivity contribution in [1.82, 2.24) is 5.32 Å². The van der Waals surface area contributed by atoms with Gasteiger partial charge in [-0.05, 0) is 24.6 Å². The Balaban J connectivity index is 1.97. The highest BCUT2D eigenvalue weighted by atomic mass is 32.1. The van der Waals surface area contributed by atoms with Crippen molar-refractivity contribution in [3.8, 4) is 0 Å². The number of carbonyl (C=O) groups excluding carboxylic acids is 1. The minimum atomic E-state index is -0.111. The van der Waals surface area contributed by atoms with E-state index in [-0.39, 0.29) is 5.91 Å². The predicted octanol–water partition coefficient (Wildman–Crippen LogP) is 2.56. The molecule has 2 aromatic carbocycles. The number of benzene rings is 2. The van der Waals surface area contributed by atoms with Gasteiger partial charge in [-0.25, -0.2) is 0 Å². The van der Waals surface area contributed by atoms with Crippen LogP contribution in [0.2, 0.25) is 0 Å². The molecule has 0 unspecified atom stereocenters. The number of aryl methyl sites for hydroxylation is 1. The molecule has 0 aliphatic carbocycles. The maximum absolute atomic E-state index is 12.0. The summed E-state index contributed by atoms with van der Waals surface area (Å²) in [7, 11) is 0. The zero-order valence-corrected chi connectivity index (χ0v) is 12.0. The number of carbonyl (C=O) groups is 1. The summed E-state index contributed by atoms with van der Waals surface area (Å²) in [4.78, 5) is 12.3. The van der Waals surface area contributed by atoms with Crippen LogP contribution >= 0.6 is 12.2 Å². The summed E-state index contributed by atoms with van der Waals surface area (Å²) in [5, 5.41) is 2.88. The van der Waals surface area contributed by atoms with Crippen LogP contribution in [0, 0.1) is 6.92 Å². The highest BCUT2D eigenvalue weighted by molar-refractivity contribution is 7.80. The fourth-order valence-electron chi connectivity index (χ4n) is 1.78. The molecule has 0 radical (unpaired) electrons. The first-order valence-electron chi connectivity index (χ1n) is 6.30. The summed E-state index contributed by atoms with van der Waals surface area (Å²) >= 11 is 4.87. The molecule has 3 nitrogen and oxygen atoms in total. The fraction of sp³-hybridized carbons (Fsp3) is 0.125. The molecule has 102 valence electrons. The van der Waals surface area contributed by atoms with E-state index in [9.17, 15) is 4.79 Å². The van der Waals surface area contributed by atoms with Crippen molar-refractivity contribution in [2.24, 2.45) is 5.73 Å². The molecular weight excluding hydrogens is 268 g/mol. The quantitative estimate of drug-likeness (QED) is 0.848. The van der Waals surface area contributed by atoms with Crippen molar-refractivity contribution < 1.29 is 4.79 Å². The summed E-state index contributed by atoms with van der Waals surface area (Å²) in [5.74, 6) is -0.111. The summed E-state index contributed by atoms with van der Waals surface area (Å²) in [6.07, 6.45) is 0. The average Bonchev–Trinajstić information content (AvgIpc) is 2.46. The van der Waals surface area contributed by atoms with Crippen LogP contribution in [0.3, 0.4) is 0 Å². The zero-order valence-electron chi connectivity index (χ0n) is 11.2. The van der Waals surface area contributed by atoms with E-state index in [1.54, 1.807) is 24.3 Å². The summed E-state index contributed by atoms with van der Waals surface area (Å²) in [6, 6.07) is 15.0. The molecular formula is C16H16N2OS. The SMILES string of the molecule is Cc1ccc(CNC(=O)c2ccc(C(N)=S)cc2)cc1. The van der Waals surface area contributed by atoms with Crippen molar-refractivity contribution in [2.45, 2.75) is 13.5 Å². The van der Waals surface area contributed by atoms with Gasteiger partial charge in [0.15, 0.2) is 0 Å². The van der Waals surface area contributed by atoms with Gasteiger partial charge in [-0.1, -0.05) is 54.2 Å². The van der Waals surface area contributed by atoms with E-state index >= 15 is 0 Å². The van der Waals surface area contributed by atoms with E-state index in [0.29, 0.717) is 17.1 Å². The van der Waals surface area contributed by atoms with Gasteiger partial charge in [0, 0.05) is 17.7 Å². The molecule has 3 N–H and O–H groups in total. The van der Waals surface area contributed by atoms with Crippen molar-refractivity contribution in [1.29, 1.82) is 0 Å². The van der Waals surface area contributed by atoms with Crippen LogP contribution in [-0.4, -0.2) is 10.9 Å². The third-order valence-electron chi connectivity index (χ3n) is 3.01. The molecule has 0 heterocycles. The monoisotopic (exact) mass is 284 g/mol. The van der Waals surface area contributed by atoms with E-state index in [4.69, 9.17) is 18.0 Å². The van der Waals surface area contributed by atoms with Crippen LogP contribution in [-0.2, 0) is 6.54 Å². The van der Waals surface area contributed by atoms with E-state index in [2.05, 4.69) is 5.32 Å². The van der Waals surface area contributed by atoms with Crippen LogP contribution in [0.1, 0.15) is 27.0 Å². The summed E-state index contributed by atoms with van der Waals surface area (Å²) in [5.41, 5.74) is 9.15. The molecule has 0 bridgehead atoms. The zero-order chi connectivity index (χ0) is 14.5. The first-order valence-corrected chi connectivity index (χ1v) is 6.71. The van der Waals surface area contributed by atoms with E-state index in [1.807, 2.05) is 31.2 Å². The maximum atomic E-state index is 12.0. The molecule has 0 aliphatic heterocycles. The number of hydrogen-bond acceptors (Lipinski definition) is 2. The second kappa shape index (κ2) is 6.30. The lowest BCUT2D eigenvalue weighted by molar-refractivity contribution is 0.0951. The molecule has 4 heteroatoms. The Bertz CT molecular complexity index is 618. The van der Waals surface area contributed by atoms with Gasteiger partial charge < -0.3 is 11.1 Å². The molecule has 0 saturated carbocycles. The Labute approximate surface area is 123 Å². The molecule has 0 fully saturated rings. The topological polar surface area (TPSA) is 55.1 Å². The second-order valence-electron chi connectivity index (χ2n) is 4.61. The van der Waals surface area contributed by atoms with E-state index < -0.39 is 0 Å². The van der Waals surface area contributed by atoms with Crippen molar-refractivity contribution in [3.63, 3.8) is 0 Å². The molecule has 20 heavy (non-hydrogen) atoms. The number of rotatable bonds is 4. The van der Waals surface area contributed by atoms with Gasteiger partial charge in [-0.3, -0.25) is 4.79 Å². The third kappa shape index (κ3) is 3.65. The molecule has 1 amide bonds. The predicted molar refractivity (Wildman–Crippen MR) is 84.7 cm³/mol. The number of nitrogens with two attached hydrogens (primary N) is 1. The van der Waals surface area contributed by atoms with E-state index in [0.717, 1.165) is 11.1 Å². The average molecular weight is 284 g/mol. The van der Waals surface area contributed by atoms with Gasteiger partial charge in [0.25, 0.3) is 5.91 Å². The number of amides is 1. The Kier molecular flexibility index (Phi) is 4.48.